The summed E-state index contributed by atoms with van der Waals surface area (Å²) in [4.78, 5) is 0. The average Bonchev–Trinajstić information content (AvgIpc) is 2.99. The highest BCUT2D eigenvalue weighted by Gasteiger charge is 2.41. The fourth-order valence-electron chi connectivity index (χ4n) is 3.70. The molecule has 0 unspecified atom stereocenters. The lowest BCUT2D eigenvalue weighted by atomic mass is 9.91. The van der Waals surface area contributed by atoms with Crippen LogP contribution in [0, 0.1) is 0 Å². The summed E-state index contributed by atoms with van der Waals surface area (Å²) >= 11 is 3.62. The molecule has 1 spiro atoms. The van der Waals surface area contributed by atoms with E-state index in [1.165, 1.54) is 24.0 Å². The predicted octanol–water partition coefficient (Wildman–Crippen LogP) is 4.76. The predicted molar refractivity (Wildman–Crippen MR) is 94.9 cm³/mol. The van der Waals surface area contributed by atoms with Crippen LogP contribution in [0.2, 0.25) is 0 Å². The van der Waals surface area contributed by atoms with E-state index in [9.17, 15) is 5.11 Å². The number of benzene rings is 1. The standard InChI is InChI=1S/C19H27BrO3/c1-2-3-4-6-15(21)13-14-7-8-17(20)18-16(14)9-11-19(23-18)10-5-12-22-19/h7-8,15,21H,2-6,9-13H2,1H3/t15-,19+/m0/s1. The Morgan fingerprint density at radius 2 is 2.17 bits per heavy atom. The highest BCUT2D eigenvalue weighted by atomic mass is 79.9. The Bertz CT molecular complexity index is 538. The molecule has 2 atom stereocenters. The summed E-state index contributed by atoms with van der Waals surface area (Å²) in [5.74, 6) is 0.518. The van der Waals surface area contributed by atoms with Crippen molar-refractivity contribution < 1.29 is 14.6 Å². The van der Waals surface area contributed by atoms with Crippen molar-refractivity contribution >= 4 is 15.9 Å². The number of halogens is 1. The summed E-state index contributed by atoms with van der Waals surface area (Å²) in [6, 6.07) is 4.17. The molecule has 0 bridgehead atoms. The van der Waals surface area contributed by atoms with Crippen molar-refractivity contribution in [1.29, 1.82) is 0 Å². The SMILES string of the molecule is CCCCC[C@H](O)Cc1ccc(Br)c2c1CC[C@@]1(CCCO1)O2. The average molecular weight is 383 g/mol. The molecule has 0 aliphatic carbocycles. The van der Waals surface area contributed by atoms with Gasteiger partial charge in [0.15, 0.2) is 0 Å². The number of aliphatic hydroxyl groups excluding tert-OH is 1. The zero-order valence-corrected chi connectivity index (χ0v) is 15.5. The molecule has 0 saturated carbocycles. The van der Waals surface area contributed by atoms with Crippen molar-refractivity contribution in [2.75, 3.05) is 6.61 Å². The monoisotopic (exact) mass is 382 g/mol. The molecular weight excluding hydrogens is 356 g/mol. The van der Waals surface area contributed by atoms with Crippen LogP contribution in [0.15, 0.2) is 16.6 Å². The first-order valence-electron chi connectivity index (χ1n) is 8.95. The molecule has 1 fully saturated rings. The number of aliphatic hydroxyl groups is 1. The van der Waals surface area contributed by atoms with Crippen LogP contribution in [-0.2, 0) is 17.6 Å². The number of fused-ring (bicyclic) bond motifs is 1. The molecule has 2 aliphatic rings. The lowest BCUT2D eigenvalue weighted by Crippen LogP contribution is -2.39. The molecule has 4 heteroatoms. The Hall–Kier alpha value is -0.580. The second-order valence-corrected chi connectivity index (χ2v) is 7.69. The Kier molecular flexibility index (Phi) is 5.65. The summed E-state index contributed by atoms with van der Waals surface area (Å²) in [6.45, 7) is 2.98. The van der Waals surface area contributed by atoms with Crippen LogP contribution in [-0.4, -0.2) is 23.6 Å². The lowest BCUT2D eigenvalue weighted by molar-refractivity contribution is -0.160. The first-order valence-corrected chi connectivity index (χ1v) is 9.74. The molecule has 23 heavy (non-hydrogen) atoms. The maximum absolute atomic E-state index is 10.3. The van der Waals surface area contributed by atoms with E-state index < -0.39 is 5.79 Å². The van der Waals surface area contributed by atoms with Gasteiger partial charge in [0.05, 0.1) is 17.2 Å². The fourth-order valence-corrected chi connectivity index (χ4v) is 4.16. The maximum atomic E-state index is 10.3. The molecule has 2 heterocycles. The first kappa shape index (κ1) is 17.2. The smallest absolute Gasteiger partial charge is 0.211 e. The van der Waals surface area contributed by atoms with Crippen molar-refractivity contribution in [2.24, 2.45) is 0 Å². The van der Waals surface area contributed by atoms with E-state index in [1.54, 1.807) is 0 Å². The number of rotatable bonds is 6. The van der Waals surface area contributed by atoms with Gasteiger partial charge >= 0.3 is 0 Å². The molecular formula is C19H27BrO3. The molecule has 1 aromatic carbocycles. The van der Waals surface area contributed by atoms with Gasteiger partial charge in [0, 0.05) is 12.8 Å². The Morgan fingerprint density at radius 1 is 1.30 bits per heavy atom. The van der Waals surface area contributed by atoms with Crippen LogP contribution >= 0.6 is 15.9 Å². The van der Waals surface area contributed by atoms with E-state index in [4.69, 9.17) is 9.47 Å². The van der Waals surface area contributed by atoms with E-state index in [2.05, 4.69) is 28.9 Å². The molecule has 3 rings (SSSR count). The summed E-state index contributed by atoms with van der Waals surface area (Å²) in [6.07, 6.45) is 8.75. The van der Waals surface area contributed by atoms with Crippen molar-refractivity contribution in [1.82, 2.24) is 0 Å². The number of hydrogen-bond donors (Lipinski definition) is 1. The Morgan fingerprint density at radius 3 is 2.91 bits per heavy atom. The van der Waals surface area contributed by atoms with Gasteiger partial charge in [0.2, 0.25) is 5.79 Å². The van der Waals surface area contributed by atoms with Crippen molar-refractivity contribution in [3.63, 3.8) is 0 Å². The van der Waals surface area contributed by atoms with Gasteiger partial charge in [-0.1, -0.05) is 32.3 Å². The summed E-state index contributed by atoms with van der Waals surface area (Å²) in [5.41, 5.74) is 2.47. The third kappa shape index (κ3) is 3.92. The van der Waals surface area contributed by atoms with Gasteiger partial charge in [-0.25, -0.2) is 0 Å². The zero-order chi connectivity index (χ0) is 16.3. The maximum Gasteiger partial charge on any atom is 0.211 e. The quantitative estimate of drug-likeness (QED) is 0.720. The minimum absolute atomic E-state index is 0.259. The number of hydrogen-bond acceptors (Lipinski definition) is 3. The van der Waals surface area contributed by atoms with Crippen molar-refractivity contribution in [3.8, 4) is 5.75 Å². The molecule has 1 saturated heterocycles. The van der Waals surface area contributed by atoms with Crippen LogP contribution < -0.4 is 4.74 Å². The summed E-state index contributed by atoms with van der Waals surface area (Å²) < 4.78 is 13.2. The van der Waals surface area contributed by atoms with Gasteiger partial charge in [-0.2, -0.15) is 0 Å². The topological polar surface area (TPSA) is 38.7 Å². The largest absolute Gasteiger partial charge is 0.461 e. The second kappa shape index (κ2) is 7.54. The van der Waals surface area contributed by atoms with Gasteiger partial charge in [-0.3, -0.25) is 0 Å². The fraction of sp³-hybridized carbons (Fsp3) is 0.684. The lowest BCUT2D eigenvalue weighted by Gasteiger charge is -2.36. The minimum atomic E-state index is -0.409. The van der Waals surface area contributed by atoms with Crippen LogP contribution in [0.3, 0.4) is 0 Å². The van der Waals surface area contributed by atoms with E-state index in [0.29, 0.717) is 0 Å². The molecule has 128 valence electrons. The Balaban J connectivity index is 1.73. The van der Waals surface area contributed by atoms with E-state index in [-0.39, 0.29) is 6.10 Å². The molecule has 0 radical (unpaired) electrons. The van der Waals surface area contributed by atoms with Gasteiger partial charge in [-0.15, -0.1) is 0 Å². The van der Waals surface area contributed by atoms with Crippen LogP contribution in [0.25, 0.3) is 0 Å². The van der Waals surface area contributed by atoms with E-state index >= 15 is 0 Å². The molecule has 0 aromatic heterocycles. The van der Waals surface area contributed by atoms with Crippen molar-refractivity contribution in [3.05, 3.63) is 27.7 Å². The van der Waals surface area contributed by atoms with Crippen LogP contribution in [0.4, 0.5) is 0 Å². The molecule has 1 N–H and O–H groups in total. The van der Waals surface area contributed by atoms with Crippen LogP contribution in [0.1, 0.15) is 63.0 Å². The van der Waals surface area contributed by atoms with Crippen molar-refractivity contribution in [2.45, 2.75) is 76.6 Å². The molecule has 1 aromatic rings. The molecule has 2 aliphatic heterocycles. The van der Waals surface area contributed by atoms with Gasteiger partial charge in [0.25, 0.3) is 0 Å². The normalized spacial score (nSPS) is 24.5. The third-order valence-corrected chi connectivity index (χ3v) is 5.64. The Labute approximate surface area is 147 Å². The number of unbranched alkanes of at least 4 members (excludes halogenated alkanes) is 2. The van der Waals surface area contributed by atoms with Gasteiger partial charge in [-0.05, 0) is 58.8 Å². The number of ether oxygens (including phenoxy) is 2. The van der Waals surface area contributed by atoms with Crippen LogP contribution in [0.5, 0.6) is 5.75 Å². The molecule has 0 amide bonds. The summed E-state index contributed by atoms with van der Waals surface area (Å²) in [7, 11) is 0. The first-order chi connectivity index (χ1) is 11.1. The second-order valence-electron chi connectivity index (χ2n) is 6.83. The molecule has 3 nitrogen and oxygen atoms in total. The summed E-state index contributed by atoms with van der Waals surface area (Å²) in [5, 5.41) is 10.3. The minimum Gasteiger partial charge on any atom is -0.461 e. The highest BCUT2D eigenvalue weighted by molar-refractivity contribution is 9.10. The third-order valence-electron chi connectivity index (χ3n) is 5.02. The van der Waals surface area contributed by atoms with E-state index in [0.717, 1.165) is 61.8 Å². The highest BCUT2D eigenvalue weighted by Crippen LogP contribution is 2.44. The van der Waals surface area contributed by atoms with E-state index in [1.807, 2.05) is 6.07 Å². The van der Waals surface area contributed by atoms with Gasteiger partial charge < -0.3 is 14.6 Å². The zero-order valence-electron chi connectivity index (χ0n) is 13.9. The van der Waals surface area contributed by atoms with Gasteiger partial charge in [0.1, 0.15) is 5.75 Å².